The minimum absolute atomic E-state index is 0.298. The SMILES string of the molecule is CCN(CC)C1(C(NN)C(C)C)CCCC1. The molecular weight excluding hydrogens is 198 g/mol. The second-order valence-corrected chi connectivity index (χ2v) is 5.37. The number of hydrogen-bond donors (Lipinski definition) is 2. The smallest absolute Gasteiger partial charge is 0.0417 e. The molecule has 0 saturated heterocycles. The Morgan fingerprint density at radius 3 is 2.00 bits per heavy atom. The Morgan fingerprint density at radius 2 is 1.69 bits per heavy atom. The van der Waals surface area contributed by atoms with Crippen molar-refractivity contribution >= 4 is 0 Å². The normalized spacial score (nSPS) is 21.9. The molecule has 0 radical (unpaired) electrons. The molecule has 1 rings (SSSR count). The summed E-state index contributed by atoms with van der Waals surface area (Å²) in [6, 6.07) is 0.412. The van der Waals surface area contributed by atoms with Crippen LogP contribution in [0.1, 0.15) is 53.4 Å². The van der Waals surface area contributed by atoms with Crippen molar-refractivity contribution < 1.29 is 0 Å². The molecule has 0 aliphatic heterocycles. The van der Waals surface area contributed by atoms with Crippen LogP contribution in [0.4, 0.5) is 0 Å². The van der Waals surface area contributed by atoms with Crippen LogP contribution in [0.15, 0.2) is 0 Å². The predicted molar refractivity (Wildman–Crippen MR) is 70.1 cm³/mol. The molecule has 3 N–H and O–H groups in total. The molecule has 1 fully saturated rings. The summed E-state index contributed by atoms with van der Waals surface area (Å²) in [6.07, 6.45) is 5.28. The Morgan fingerprint density at radius 1 is 1.19 bits per heavy atom. The molecule has 0 amide bonds. The van der Waals surface area contributed by atoms with Crippen LogP contribution in [0.3, 0.4) is 0 Å². The zero-order valence-corrected chi connectivity index (χ0v) is 11.4. The molecule has 96 valence electrons. The van der Waals surface area contributed by atoms with Crippen LogP contribution in [0.25, 0.3) is 0 Å². The minimum Gasteiger partial charge on any atom is -0.297 e. The monoisotopic (exact) mass is 227 g/mol. The first-order chi connectivity index (χ1) is 7.62. The van der Waals surface area contributed by atoms with E-state index in [2.05, 4.69) is 38.0 Å². The van der Waals surface area contributed by atoms with Gasteiger partial charge in [0.1, 0.15) is 0 Å². The van der Waals surface area contributed by atoms with E-state index in [-0.39, 0.29) is 0 Å². The summed E-state index contributed by atoms with van der Waals surface area (Å²) in [7, 11) is 0. The van der Waals surface area contributed by atoms with Gasteiger partial charge in [-0.1, -0.05) is 40.5 Å². The first kappa shape index (κ1) is 13.9. The number of rotatable bonds is 6. The number of hydrazine groups is 1. The highest BCUT2D eigenvalue weighted by molar-refractivity contribution is 5.03. The summed E-state index contributed by atoms with van der Waals surface area (Å²) in [5, 5.41) is 0. The third kappa shape index (κ3) is 2.41. The lowest BCUT2D eigenvalue weighted by Gasteiger charge is -2.47. The second kappa shape index (κ2) is 5.99. The molecule has 3 nitrogen and oxygen atoms in total. The molecule has 1 aliphatic carbocycles. The summed E-state index contributed by atoms with van der Waals surface area (Å²) in [5.41, 5.74) is 3.39. The molecule has 0 spiro atoms. The van der Waals surface area contributed by atoms with Crippen LogP contribution in [0.5, 0.6) is 0 Å². The number of nitrogens with one attached hydrogen (secondary N) is 1. The Labute approximate surface area is 101 Å². The number of likely N-dealkylation sites (N-methyl/N-ethyl adjacent to an activating group) is 1. The average Bonchev–Trinajstić information content (AvgIpc) is 2.70. The number of hydrogen-bond acceptors (Lipinski definition) is 3. The van der Waals surface area contributed by atoms with Gasteiger partial charge in [0.25, 0.3) is 0 Å². The van der Waals surface area contributed by atoms with Gasteiger partial charge in [-0.25, -0.2) is 0 Å². The molecule has 0 aromatic rings. The Balaban J connectivity index is 2.94. The van der Waals surface area contributed by atoms with Gasteiger partial charge in [0.15, 0.2) is 0 Å². The Kier molecular flexibility index (Phi) is 5.22. The standard InChI is InChI=1S/C13H29N3/c1-5-16(6-2)13(9-7-8-10-13)12(15-14)11(3)4/h11-12,15H,5-10,14H2,1-4H3. The summed E-state index contributed by atoms with van der Waals surface area (Å²) in [5.74, 6) is 6.40. The van der Waals surface area contributed by atoms with Gasteiger partial charge in [-0.3, -0.25) is 16.2 Å². The van der Waals surface area contributed by atoms with Gasteiger partial charge in [-0.05, 0) is 31.8 Å². The van der Waals surface area contributed by atoms with Crippen molar-refractivity contribution in [2.24, 2.45) is 11.8 Å². The van der Waals surface area contributed by atoms with E-state index in [9.17, 15) is 0 Å². The molecular formula is C13H29N3. The van der Waals surface area contributed by atoms with Crippen LogP contribution in [-0.2, 0) is 0 Å². The van der Waals surface area contributed by atoms with Crippen molar-refractivity contribution in [2.75, 3.05) is 13.1 Å². The fraction of sp³-hybridized carbons (Fsp3) is 1.00. The van der Waals surface area contributed by atoms with Crippen molar-refractivity contribution in [1.29, 1.82) is 0 Å². The highest BCUT2D eigenvalue weighted by atomic mass is 15.3. The molecule has 1 unspecified atom stereocenters. The molecule has 0 aromatic heterocycles. The summed E-state index contributed by atoms with van der Waals surface area (Å²) in [4.78, 5) is 2.62. The van der Waals surface area contributed by atoms with Gasteiger partial charge in [-0.2, -0.15) is 0 Å². The number of nitrogens with zero attached hydrogens (tertiary/aromatic N) is 1. The van der Waals surface area contributed by atoms with Crippen LogP contribution in [0.2, 0.25) is 0 Å². The lowest BCUT2D eigenvalue weighted by atomic mass is 9.80. The zero-order valence-electron chi connectivity index (χ0n) is 11.4. The average molecular weight is 227 g/mol. The fourth-order valence-electron chi connectivity index (χ4n) is 3.63. The van der Waals surface area contributed by atoms with Gasteiger partial charge in [0, 0.05) is 11.6 Å². The highest BCUT2D eigenvalue weighted by Crippen LogP contribution is 2.40. The van der Waals surface area contributed by atoms with E-state index in [1.54, 1.807) is 0 Å². The first-order valence-corrected chi connectivity index (χ1v) is 6.83. The molecule has 3 heteroatoms. The van der Waals surface area contributed by atoms with Crippen molar-refractivity contribution in [1.82, 2.24) is 10.3 Å². The zero-order chi connectivity index (χ0) is 12.2. The van der Waals surface area contributed by atoms with Crippen molar-refractivity contribution in [3.05, 3.63) is 0 Å². The fourth-order valence-corrected chi connectivity index (χ4v) is 3.63. The Bertz CT molecular complexity index is 193. The lowest BCUT2D eigenvalue weighted by molar-refractivity contribution is 0.0452. The predicted octanol–water partition coefficient (Wildman–Crippen LogP) is 2.13. The molecule has 0 bridgehead atoms. The van der Waals surface area contributed by atoms with Gasteiger partial charge in [0.2, 0.25) is 0 Å². The van der Waals surface area contributed by atoms with Gasteiger partial charge < -0.3 is 0 Å². The van der Waals surface area contributed by atoms with E-state index < -0.39 is 0 Å². The van der Waals surface area contributed by atoms with Gasteiger partial charge >= 0.3 is 0 Å². The van der Waals surface area contributed by atoms with E-state index in [0.717, 1.165) is 13.1 Å². The topological polar surface area (TPSA) is 41.3 Å². The summed E-state index contributed by atoms with van der Waals surface area (Å²) in [6.45, 7) is 11.3. The molecule has 1 saturated carbocycles. The van der Waals surface area contributed by atoms with Gasteiger partial charge in [-0.15, -0.1) is 0 Å². The summed E-state index contributed by atoms with van der Waals surface area (Å²) < 4.78 is 0. The maximum atomic E-state index is 5.81. The lowest BCUT2D eigenvalue weighted by Crippen LogP contribution is -2.63. The molecule has 0 aromatic carbocycles. The van der Waals surface area contributed by atoms with E-state index in [1.807, 2.05) is 0 Å². The minimum atomic E-state index is 0.298. The summed E-state index contributed by atoms with van der Waals surface area (Å²) >= 11 is 0. The molecule has 16 heavy (non-hydrogen) atoms. The van der Waals surface area contributed by atoms with Crippen LogP contribution >= 0.6 is 0 Å². The second-order valence-electron chi connectivity index (χ2n) is 5.37. The van der Waals surface area contributed by atoms with E-state index in [4.69, 9.17) is 5.84 Å². The quantitative estimate of drug-likeness (QED) is 0.539. The first-order valence-electron chi connectivity index (χ1n) is 6.83. The van der Waals surface area contributed by atoms with Crippen molar-refractivity contribution in [3.8, 4) is 0 Å². The van der Waals surface area contributed by atoms with E-state index in [1.165, 1.54) is 25.7 Å². The van der Waals surface area contributed by atoms with Crippen molar-refractivity contribution in [3.63, 3.8) is 0 Å². The highest BCUT2D eigenvalue weighted by Gasteiger charge is 2.45. The van der Waals surface area contributed by atoms with E-state index >= 15 is 0 Å². The van der Waals surface area contributed by atoms with Crippen LogP contribution < -0.4 is 11.3 Å². The van der Waals surface area contributed by atoms with Crippen LogP contribution in [-0.4, -0.2) is 29.6 Å². The molecule has 0 heterocycles. The maximum Gasteiger partial charge on any atom is 0.0417 e. The Hall–Kier alpha value is -0.120. The van der Waals surface area contributed by atoms with Crippen LogP contribution in [0, 0.1) is 5.92 Å². The third-order valence-corrected chi connectivity index (χ3v) is 4.29. The molecule has 1 atom stereocenters. The van der Waals surface area contributed by atoms with Crippen molar-refractivity contribution in [2.45, 2.75) is 65.0 Å². The maximum absolute atomic E-state index is 5.81. The largest absolute Gasteiger partial charge is 0.297 e. The molecule has 1 aliphatic rings. The van der Waals surface area contributed by atoms with Gasteiger partial charge in [0.05, 0.1) is 0 Å². The third-order valence-electron chi connectivity index (χ3n) is 4.29. The van der Waals surface area contributed by atoms with E-state index in [0.29, 0.717) is 17.5 Å². The number of nitrogens with two attached hydrogens (primary N) is 1.